The molecule has 3 rings (SSSR count). The summed E-state index contributed by atoms with van der Waals surface area (Å²) < 4.78 is 0. The van der Waals surface area contributed by atoms with Crippen molar-refractivity contribution in [3.63, 3.8) is 0 Å². The minimum Gasteiger partial charge on any atom is -0.355 e. The molecule has 0 aromatic rings. The van der Waals surface area contributed by atoms with E-state index in [1.165, 1.54) is 38.8 Å². The molecule has 0 aromatic heterocycles. The Labute approximate surface area is 91.1 Å². The van der Waals surface area contributed by atoms with Crippen LogP contribution in [0, 0.1) is 0 Å². The summed E-state index contributed by atoms with van der Waals surface area (Å²) in [5.41, 5.74) is 0. The molecular weight excluding hydrogens is 188 g/mol. The standard InChI is InChI=1S/C11H20N4/c1-2-10-8-9(3-7-15(10)6-1)14-11-12-4-5-13-11/h9-10H,1-8H2,(H2,12,13,14). The van der Waals surface area contributed by atoms with E-state index in [-0.39, 0.29) is 0 Å². The zero-order valence-electron chi connectivity index (χ0n) is 9.21. The summed E-state index contributed by atoms with van der Waals surface area (Å²) in [5.74, 6) is 1.03. The highest BCUT2D eigenvalue weighted by atomic mass is 15.2. The van der Waals surface area contributed by atoms with Crippen LogP contribution in [0.15, 0.2) is 4.99 Å². The number of hydrogen-bond donors (Lipinski definition) is 2. The van der Waals surface area contributed by atoms with E-state index in [1.54, 1.807) is 0 Å². The van der Waals surface area contributed by atoms with Gasteiger partial charge in [0.2, 0.25) is 0 Å². The van der Waals surface area contributed by atoms with Crippen LogP contribution in [-0.2, 0) is 0 Å². The van der Waals surface area contributed by atoms with Gasteiger partial charge in [0.1, 0.15) is 0 Å². The molecule has 3 heterocycles. The zero-order chi connectivity index (χ0) is 10.1. The molecule has 3 aliphatic heterocycles. The van der Waals surface area contributed by atoms with Crippen molar-refractivity contribution in [1.29, 1.82) is 0 Å². The summed E-state index contributed by atoms with van der Waals surface area (Å²) in [6.45, 7) is 4.54. The third-order valence-electron chi connectivity index (χ3n) is 3.84. The second-order valence-electron chi connectivity index (χ2n) is 4.85. The first-order chi connectivity index (χ1) is 7.42. The van der Waals surface area contributed by atoms with E-state index in [9.17, 15) is 0 Å². The molecular formula is C11H20N4. The highest BCUT2D eigenvalue weighted by molar-refractivity contribution is 5.81. The minimum atomic E-state index is 0.647. The van der Waals surface area contributed by atoms with Gasteiger partial charge in [0.05, 0.1) is 6.54 Å². The van der Waals surface area contributed by atoms with Crippen molar-refractivity contribution in [3.05, 3.63) is 0 Å². The van der Waals surface area contributed by atoms with Gasteiger partial charge in [0.25, 0.3) is 0 Å². The first-order valence-electron chi connectivity index (χ1n) is 6.21. The second-order valence-corrected chi connectivity index (χ2v) is 4.85. The van der Waals surface area contributed by atoms with Gasteiger partial charge >= 0.3 is 0 Å². The Kier molecular flexibility index (Phi) is 2.52. The van der Waals surface area contributed by atoms with Gasteiger partial charge < -0.3 is 15.5 Å². The molecule has 4 heteroatoms. The highest BCUT2D eigenvalue weighted by Gasteiger charge is 2.31. The maximum atomic E-state index is 4.40. The molecule has 0 radical (unpaired) electrons. The summed E-state index contributed by atoms with van der Waals surface area (Å²) in [7, 11) is 0. The van der Waals surface area contributed by atoms with E-state index in [0.29, 0.717) is 6.04 Å². The fourth-order valence-corrected chi connectivity index (χ4v) is 3.04. The summed E-state index contributed by atoms with van der Waals surface area (Å²) in [6, 6.07) is 1.49. The van der Waals surface area contributed by atoms with Crippen LogP contribution in [0.2, 0.25) is 0 Å². The van der Waals surface area contributed by atoms with Gasteiger partial charge in [-0.2, -0.15) is 0 Å². The van der Waals surface area contributed by atoms with Crippen LogP contribution < -0.4 is 10.6 Å². The number of piperidine rings is 1. The van der Waals surface area contributed by atoms with Crippen molar-refractivity contribution in [2.75, 3.05) is 26.2 Å². The van der Waals surface area contributed by atoms with Gasteiger partial charge in [-0.1, -0.05) is 0 Å². The highest BCUT2D eigenvalue weighted by Crippen LogP contribution is 2.26. The largest absolute Gasteiger partial charge is 0.355 e. The number of fused-ring (bicyclic) bond motifs is 1. The molecule has 4 nitrogen and oxygen atoms in total. The summed E-state index contributed by atoms with van der Waals surface area (Å²) in [4.78, 5) is 7.05. The van der Waals surface area contributed by atoms with Gasteiger partial charge in [-0.05, 0) is 32.2 Å². The summed E-state index contributed by atoms with van der Waals surface area (Å²) in [6.07, 6.45) is 5.38. The van der Waals surface area contributed by atoms with Crippen molar-refractivity contribution in [2.45, 2.75) is 37.8 Å². The van der Waals surface area contributed by atoms with E-state index in [0.717, 1.165) is 25.1 Å². The van der Waals surface area contributed by atoms with Gasteiger partial charge in [-0.15, -0.1) is 0 Å². The van der Waals surface area contributed by atoms with E-state index in [4.69, 9.17) is 0 Å². The van der Waals surface area contributed by atoms with E-state index in [2.05, 4.69) is 20.5 Å². The number of aliphatic imine (C=N–C) groups is 1. The molecule has 0 amide bonds. The van der Waals surface area contributed by atoms with Crippen LogP contribution in [0.25, 0.3) is 0 Å². The lowest BCUT2D eigenvalue weighted by Crippen LogP contribution is -2.49. The first-order valence-corrected chi connectivity index (χ1v) is 6.21. The van der Waals surface area contributed by atoms with Crippen LogP contribution in [0.5, 0.6) is 0 Å². The SMILES string of the molecule is C1CC2CC(NC3=NCCN3)CCN2C1. The Morgan fingerprint density at radius 2 is 2.33 bits per heavy atom. The molecule has 15 heavy (non-hydrogen) atoms. The van der Waals surface area contributed by atoms with Crippen molar-refractivity contribution in [1.82, 2.24) is 15.5 Å². The average molecular weight is 208 g/mol. The lowest BCUT2D eigenvalue weighted by molar-refractivity contribution is 0.175. The van der Waals surface area contributed by atoms with Crippen molar-refractivity contribution < 1.29 is 0 Å². The number of nitrogens with one attached hydrogen (secondary N) is 2. The maximum Gasteiger partial charge on any atom is 0.191 e. The second kappa shape index (κ2) is 4.00. The van der Waals surface area contributed by atoms with E-state index in [1.807, 2.05) is 0 Å². The van der Waals surface area contributed by atoms with Gasteiger partial charge in [-0.3, -0.25) is 4.99 Å². The van der Waals surface area contributed by atoms with E-state index >= 15 is 0 Å². The molecule has 0 bridgehead atoms. The molecule has 3 aliphatic rings. The van der Waals surface area contributed by atoms with Gasteiger partial charge in [0.15, 0.2) is 5.96 Å². The molecule has 0 spiro atoms. The van der Waals surface area contributed by atoms with Crippen molar-refractivity contribution >= 4 is 5.96 Å². The number of nitrogens with zero attached hydrogens (tertiary/aromatic N) is 2. The Balaban J connectivity index is 1.54. The Morgan fingerprint density at radius 1 is 1.33 bits per heavy atom. The Morgan fingerprint density at radius 3 is 3.20 bits per heavy atom. The van der Waals surface area contributed by atoms with Crippen molar-refractivity contribution in [3.8, 4) is 0 Å². The van der Waals surface area contributed by atoms with Gasteiger partial charge in [0, 0.05) is 25.2 Å². The molecule has 2 saturated heterocycles. The molecule has 2 N–H and O–H groups in total. The molecule has 0 aromatic carbocycles. The molecule has 2 atom stereocenters. The summed E-state index contributed by atoms with van der Waals surface area (Å²) >= 11 is 0. The third kappa shape index (κ3) is 1.95. The minimum absolute atomic E-state index is 0.647. The quantitative estimate of drug-likeness (QED) is 0.645. The lowest BCUT2D eigenvalue weighted by Gasteiger charge is -2.35. The maximum absolute atomic E-state index is 4.40. The molecule has 0 saturated carbocycles. The number of rotatable bonds is 1. The topological polar surface area (TPSA) is 39.7 Å². The van der Waals surface area contributed by atoms with Crippen LogP contribution in [0.3, 0.4) is 0 Å². The van der Waals surface area contributed by atoms with Crippen LogP contribution in [-0.4, -0.2) is 49.1 Å². The molecule has 0 aliphatic carbocycles. The molecule has 2 fully saturated rings. The van der Waals surface area contributed by atoms with Crippen LogP contribution in [0.1, 0.15) is 25.7 Å². The summed E-state index contributed by atoms with van der Waals surface area (Å²) in [5, 5.41) is 6.83. The predicted molar refractivity (Wildman–Crippen MR) is 61.1 cm³/mol. The van der Waals surface area contributed by atoms with Crippen molar-refractivity contribution in [2.24, 2.45) is 4.99 Å². The third-order valence-corrected chi connectivity index (χ3v) is 3.84. The molecule has 84 valence electrons. The van der Waals surface area contributed by atoms with Crippen LogP contribution in [0.4, 0.5) is 0 Å². The monoisotopic (exact) mass is 208 g/mol. The Bertz CT molecular complexity index is 263. The fraction of sp³-hybridized carbons (Fsp3) is 0.909. The normalized spacial score (nSPS) is 35.9. The molecule has 2 unspecified atom stereocenters. The average Bonchev–Trinajstić information content (AvgIpc) is 2.87. The number of hydrogen-bond acceptors (Lipinski definition) is 4. The first kappa shape index (κ1) is 9.46. The van der Waals surface area contributed by atoms with Gasteiger partial charge in [-0.25, -0.2) is 0 Å². The van der Waals surface area contributed by atoms with Crippen LogP contribution >= 0.6 is 0 Å². The fourth-order valence-electron chi connectivity index (χ4n) is 3.04. The lowest BCUT2D eigenvalue weighted by atomic mass is 9.98. The Hall–Kier alpha value is -0.770. The predicted octanol–water partition coefficient (Wildman–Crippen LogP) is 0.162. The smallest absolute Gasteiger partial charge is 0.191 e. The number of guanidine groups is 1. The van der Waals surface area contributed by atoms with E-state index < -0.39 is 0 Å². The zero-order valence-corrected chi connectivity index (χ0v) is 9.21.